The second-order valence-electron chi connectivity index (χ2n) is 4.07. The van der Waals surface area contributed by atoms with E-state index in [0.717, 1.165) is 29.5 Å². The number of anilines is 1. The predicted molar refractivity (Wildman–Crippen MR) is 67.7 cm³/mol. The highest BCUT2D eigenvalue weighted by Gasteiger charge is 2.20. The lowest BCUT2D eigenvalue weighted by Crippen LogP contribution is -2.33. The maximum atomic E-state index is 6.24. The molecule has 0 aromatic heterocycles. The van der Waals surface area contributed by atoms with E-state index < -0.39 is 0 Å². The largest absolute Gasteiger partial charge is 0.497 e. The van der Waals surface area contributed by atoms with Gasteiger partial charge in [0.15, 0.2) is 0 Å². The first-order valence-corrected chi connectivity index (χ1v) is 5.87. The third-order valence-corrected chi connectivity index (χ3v) is 3.42. The van der Waals surface area contributed by atoms with Gasteiger partial charge in [-0.1, -0.05) is 11.6 Å². The summed E-state index contributed by atoms with van der Waals surface area (Å²) in [6, 6.07) is 6.35. The van der Waals surface area contributed by atoms with E-state index in [0.29, 0.717) is 6.04 Å². The number of nitrogens with zero attached hydrogens (tertiary/aromatic N) is 1. The highest BCUT2D eigenvalue weighted by molar-refractivity contribution is 6.33. The Morgan fingerprint density at radius 3 is 2.88 bits per heavy atom. The molecule has 1 aromatic rings. The smallest absolute Gasteiger partial charge is 0.120 e. The van der Waals surface area contributed by atoms with Crippen LogP contribution in [0.5, 0.6) is 5.75 Å². The molecule has 88 valence electrons. The van der Waals surface area contributed by atoms with Crippen LogP contribution in [-0.4, -0.2) is 33.3 Å². The highest BCUT2D eigenvalue weighted by Crippen LogP contribution is 2.30. The van der Waals surface area contributed by atoms with Crippen molar-refractivity contribution in [2.24, 2.45) is 0 Å². The number of hydrogen-bond acceptors (Lipinski definition) is 3. The summed E-state index contributed by atoms with van der Waals surface area (Å²) in [5, 5.41) is 4.10. The lowest BCUT2D eigenvalue weighted by molar-refractivity contribution is 0.415. The number of methoxy groups -OCH3 is 1. The Morgan fingerprint density at radius 2 is 2.31 bits per heavy atom. The minimum Gasteiger partial charge on any atom is -0.497 e. The Bertz CT molecular complexity index is 364. The van der Waals surface area contributed by atoms with Crippen LogP contribution >= 0.6 is 11.6 Å². The fourth-order valence-electron chi connectivity index (χ4n) is 2.07. The normalized spacial score (nSPS) is 19.8. The van der Waals surface area contributed by atoms with Crippen LogP contribution < -0.4 is 15.0 Å². The van der Waals surface area contributed by atoms with E-state index in [1.165, 1.54) is 6.42 Å². The third kappa shape index (κ3) is 2.25. The molecule has 3 nitrogen and oxygen atoms in total. The summed E-state index contributed by atoms with van der Waals surface area (Å²) >= 11 is 6.24. The molecule has 0 radical (unpaired) electrons. The number of nitrogens with one attached hydrogen (secondary N) is 1. The van der Waals surface area contributed by atoms with Crippen LogP contribution in [0, 0.1) is 0 Å². The summed E-state index contributed by atoms with van der Waals surface area (Å²) in [4.78, 5) is 2.24. The molecule has 1 aromatic carbocycles. The maximum Gasteiger partial charge on any atom is 0.120 e. The van der Waals surface area contributed by atoms with Gasteiger partial charge in [-0.3, -0.25) is 0 Å². The first-order valence-electron chi connectivity index (χ1n) is 5.49. The van der Waals surface area contributed by atoms with Crippen LogP contribution in [-0.2, 0) is 0 Å². The first-order chi connectivity index (χ1) is 7.72. The van der Waals surface area contributed by atoms with Gasteiger partial charge in [-0.05, 0) is 25.1 Å². The molecule has 0 aliphatic carbocycles. The molecular weight excluding hydrogens is 224 g/mol. The second kappa shape index (κ2) is 4.93. The molecule has 1 heterocycles. The molecule has 1 unspecified atom stereocenters. The van der Waals surface area contributed by atoms with Gasteiger partial charge in [0.1, 0.15) is 5.75 Å². The van der Waals surface area contributed by atoms with Gasteiger partial charge in [0.25, 0.3) is 0 Å². The molecule has 1 aliphatic heterocycles. The molecule has 1 fully saturated rings. The van der Waals surface area contributed by atoms with E-state index in [-0.39, 0.29) is 0 Å². The molecule has 0 spiro atoms. The van der Waals surface area contributed by atoms with Gasteiger partial charge >= 0.3 is 0 Å². The standard InChI is InChI=1S/C12H17ClN2O/c1-15(9-5-6-14-8-9)12-4-3-10(16-2)7-11(12)13/h3-4,7,9,14H,5-6,8H2,1-2H3. The van der Waals surface area contributed by atoms with E-state index in [2.05, 4.69) is 17.3 Å². The van der Waals surface area contributed by atoms with Crippen molar-refractivity contribution >= 4 is 17.3 Å². The molecule has 0 amide bonds. The van der Waals surface area contributed by atoms with Gasteiger partial charge in [0.2, 0.25) is 0 Å². The number of benzene rings is 1. The first kappa shape index (κ1) is 11.6. The average Bonchev–Trinajstić information content (AvgIpc) is 2.81. The van der Waals surface area contributed by atoms with Crippen molar-refractivity contribution in [3.05, 3.63) is 23.2 Å². The van der Waals surface area contributed by atoms with Crippen molar-refractivity contribution in [3.8, 4) is 5.75 Å². The van der Waals surface area contributed by atoms with Gasteiger partial charge in [0, 0.05) is 25.7 Å². The molecule has 2 rings (SSSR count). The molecule has 1 aliphatic rings. The quantitative estimate of drug-likeness (QED) is 0.876. The third-order valence-electron chi connectivity index (χ3n) is 3.12. The van der Waals surface area contributed by atoms with Crippen molar-refractivity contribution in [2.75, 3.05) is 32.1 Å². The van der Waals surface area contributed by atoms with Crippen molar-refractivity contribution in [2.45, 2.75) is 12.5 Å². The molecule has 1 saturated heterocycles. The number of likely N-dealkylation sites (N-methyl/N-ethyl adjacent to an activating group) is 1. The van der Waals surface area contributed by atoms with E-state index in [1.54, 1.807) is 7.11 Å². The Morgan fingerprint density at radius 1 is 1.50 bits per heavy atom. The Labute approximate surface area is 101 Å². The van der Waals surface area contributed by atoms with E-state index in [1.807, 2.05) is 18.2 Å². The van der Waals surface area contributed by atoms with Crippen LogP contribution in [0.3, 0.4) is 0 Å². The molecule has 0 bridgehead atoms. The number of rotatable bonds is 3. The molecule has 1 N–H and O–H groups in total. The van der Waals surface area contributed by atoms with Crippen molar-refractivity contribution < 1.29 is 4.74 Å². The molecule has 4 heteroatoms. The summed E-state index contributed by atoms with van der Waals surface area (Å²) in [6.45, 7) is 2.11. The van der Waals surface area contributed by atoms with E-state index in [9.17, 15) is 0 Å². The number of ether oxygens (including phenoxy) is 1. The fourth-order valence-corrected chi connectivity index (χ4v) is 2.37. The Balaban J connectivity index is 2.19. The zero-order chi connectivity index (χ0) is 11.5. The summed E-state index contributed by atoms with van der Waals surface area (Å²) in [5.41, 5.74) is 1.07. The summed E-state index contributed by atoms with van der Waals surface area (Å²) in [7, 11) is 3.74. The fraction of sp³-hybridized carbons (Fsp3) is 0.500. The van der Waals surface area contributed by atoms with Crippen molar-refractivity contribution in [1.82, 2.24) is 5.32 Å². The highest BCUT2D eigenvalue weighted by atomic mass is 35.5. The van der Waals surface area contributed by atoms with Crippen LogP contribution in [0.25, 0.3) is 0 Å². The predicted octanol–water partition coefficient (Wildman–Crippen LogP) is 2.15. The van der Waals surface area contributed by atoms with Crippen molar-refractivity contribution in [3.63, 3.8) is 0 Å². The molecule has 0 saturated carbocycles. The molecule has 1 atom stereocenters. The van der Waals surface area contributed by atoms with Crippen LogP contribution in [0.2, 0.25) is 5.02 Å². The Hall–Kier alpha value is -0.930. The second-order valence-corrected chi connectivity index (χ2v) is 4.48. The Kier molecular flexibility index (Phi) is 3.56. The van der Waals surface area contributed by atoms with E-state index >= 15 is 0 Å². The van der Waals surface area contributed by atoms with Crippen LogP contribution in [0.1, 0.15) is 6.42 Å². The summed E-state index contributed by atoms with van der Waals surface area (Å²) in [5.74, 6) is 0.798. The zero-order valence-electron chi connectivity index (χ0n) is 9.66. The molecular formula is C12H17ClN2O. The lowest BCUT2D eigenvalue weighted by atomic mass is 10.2. The average molecular weight is 241 g/mol. The van der Waals surface area contributed by atoms with Crippen LogP contribution in [0.4, 0.5) is 5.69 Å². The topological polar surface area (TPSA) is 24.5 Å². The number of hydrogen-bond donors (Lipinski definition) is 1. The minimum absolute atomic E-state index is 0.533. The van der Waals surface area contributed by atoms with Gasteiger partial charge in [-0.15, -0.1) is 0 Å². The van der Waals surface area contributed by atoms with E-state index in [4.69, 9.17) is 16.3 Å². The summed E-state index contributed by atoms with van der Waals surface area (Å²) < 4.78 is 5.14. The SMILES string of the molecule is COc1ccc(N(C)C2CCNC2)c(Cl)c1. The number of halogens is 1. The minimum atomic E-state index is 0.533. The van der Waals surface area contributed by atoms with Crippen LogP contribution in [0.15, 0.2) is 18.2 Å². The van der Waals surface area contributed by atoms with Gasteiger partial charge < -0.3 is 15.0 Å². The van der Waals surface area contributed by atoms with Gasteiger partial charge in [-0.2, -0.15) is 0 Å². The summed E-state index contributed by atoms with van der Waals surface area (Å²) in [6.07, 6.45) is 1.17. The van der Waals surface area contributed by atoms with Gasteiger partial charge in [0.05, 0.1) is 17.8 Å². The maximum absolute atomic E-state index is 6.24. The van der Waals surface area contributed by atoms with Gasteiger partial charge in [-0.25, -0.2) is 0 Å². The van der Waals surface area contributed by atoms with Crippen molar-refractivity contribution in [1.29, 1.82) is 0 Å². The monoisotopic (exact) mass is 240 g/mol. The lowest BCUT2D eigenvalue weighted by Gasteiger charge is -2.27. The molecule has 16 heavy (non-hydrogen) atoms. The zero-order valence-corrected chi connectivity index (χ0v) is 10.4.